The summed E-state index contributed by atoms with van der Waals surface area (Å²) in [6.07, 6.45) is 1.77. The second-order valence-corrected chi connectivity index (χ2v) is 5.77. The lowest BCUT2D eigenvalue weighted by atomic mass is 9.95. The molecule has 104 valence electrons. The lowest BCUT2D eigenvalue weighted by Gasteiger charge is -2.31. The first-order valence-electron chi connectivity index (χ1n) is 6.52. The normalized spacial score (nSPS) is 17.4. The van der Waals surface area contributed by atoms with E-state index in [1.54, 1.807) is 7.05 Å². The average Bonchev–Trinajstić information content (AvgIpc) is 2.44. The number of likely N-dealkylation sites (tertiary alicyclic amines) is 1. The van der Waals surface area contributed by atoms with Crippen LogP contribution in [0.2, 0.25) is 0 Å². The number of carbonyl (C=O) groups excluding carboxylic acids is 1. The van der Waals surface area contributed by atoms with Crippen molar-refractivity contribution in [1.29, 1.82) is 0 Å². The summed E-state index contributed by atoms with van der Waals surface area (Å²) in [5, 5.41) is 12.7. The molecule has 1 saturated heterocycles. The Morgan fingerprint density at radius 1 is 1.47 bits per heavy atom. The third-order valence-corrected chi connectivity index (χ3v) is 4.31. The predicted molar refractivity (Wildman–Crippen MR) is 77.9 cm³/mol. The summed E-state index contributed by atoms with van der Waals surface area (Å²) in [5.41, 5.74) is 0.924. The van der Waals surface area contributed by atoms with Crippen molar-refractivity contribution in [3.05, 3.63) is 28.2 Å². The fourth-order valence-corrected chi connectivity index (χ4v) is 2.89. The van der Waals surface area contributed by atoms with E-state index in [0.717, 1.165) is 42.5 Å². The van der Waals surface area contributed by atoms with Gasteiger partial charge in [0.05, 0.1) is 4.47 Å². The number of nitrogens with one attached hydrogen (secondary N) is 1. The van der Waals surface area contributed by atoms with Crippen LogP contribution in [-0.4, -0.2) is 36.1 Å². The maximum atomic E-state index is 11.6. The summed E-state index contributed by atoms with van der Waals surface area (Å²) < 4.78 is 0.727. The van der Waals surface area contributed by atoms with E-state index in [4.69, 9.17) is 0 Å². The Morgan fingerprint density at radius 3 is 2.79 bits per heavy atom. The quantitative estimate of drug-likeness (QED) is 0.894. The van der Waals surface area contributed by atoms with Crippen molar-refractivity contribution < 1.29 is 9.90 Å². The van der Waals surface area contributed by atoms with Crippen LogP contribution in [0.1, 0.15) is 18.4 Å². The van der Waals surface area contributed by atoms with E-state index in [-0.39, 0.29) is 11.8 Å². The third-order valence-electron chi connectivity index (χ3n) is 3.67. The number of para-hydroxylation sites is 1. The first-order chi connectivity index (χ1) is 9.11. The number of aromatic hydroxyl groups is 1. The van der Waals surface area contributed by atoms with Gasteiger partial charge in [-0.2, -0.15) is 0 Å². The van der Waals surface area contributed by atoms with E-state index in [9.17, 15) is 9.90 Å². The van der Waals surface area contributed by atoms with Crippen LogP contribution < -0.4 is 5.32 Å². The minimum absolute atomic E-state index is 0.136. The molecule has 1 heterocycles. The standard InChI is InChI=1S/C14H19BrN2O2/c1-16-14(19)10-5-7-17(8-6-10)9-11-3-2-4-12(15)13(11)18/h2-4,10,18H,5-9H2,1H3,(H,16,19). The fraction of sp³-hybridized carbons (Fsp3) is 0.500. The van der Waals surface area contributed by atoms with Gasteiger partial charge in [0.15, 0.2) is 0 Å². The number of rotatable bonds is 3. The number of carbonyl (C=O) groups is 1. The highest BCUT2D eigenvalue weighted by Crippen LogP contribution is 2.29. The molecule has 5 heteroatoms. The second kappa shape index (κ2) is 6.39. The van der Waals surface area contributed by atoms with Gasteiger partial charge in [0.1, 0.15) is 5.75 Å². The Hall–Kier alpha value is -1.07. The third kappa shape index (κ3) is 3.48. The van der Waals surface area contributed by atoms with Crippen LogP contribution in [0.5, 0.6) is 5.75 Å². The van der Waals surface area contributed by atoms with Gasteiger partial charge in [-0.25, -0.2) is 0 Å². The Labute approximate surface area is 121 Å². The van der Waals surface area contributed by atoms with Gasteiger partial charge >= 0.3 is 0 Å². The van der Waals surface area contributed by atoms with Crippen LogP contribution in [-0.2, 0) is 11.3 Å². The van der Waals surface area contributed by atoms with Gasteiger partial charge in [-0.05, 0) is 47.9 Å². The highest BCUT2D eigenvalue weighted by Gasteiger charge is 2.24. The Balaban J connectivity index is 1.92. The van der Waals surface area contributed by atoms with E-state index < -0.39 is 0 Å². The summed E-state index contributed by atoms with van der Waals surface area (Å²) in [6, 6.07) is 5.69. The molecule has 19 heavy (non-hydrogen) atoms. The van der Waals surface area contributed by atoms with Crippen molar-refractivity contribution in [2.45, 2.75) is 19.4 Å². The summed E-state index contributed by atoms with van der Waals surface area (Å²) in [6.45, 7) is 2.51. The molecule has 1 aliphatic heterocycles. The van der Waals surface area contributed by atoms with Crippen molar-refractivity contribution >= 4 is 21.8 Å². The number of phenolic OH excluding ortho intramolecular Hbond substituents is 1. The zero-order chi connectivity index (χ0) is 13.8. The number of halogens is 1. The van der Waals surface area contributed by atoms with Crippen LogP contribution in [0.15, 0.2) is 22.7 Å². The molecular weight excluding hydrogens is 308 g/mol. The van der Waals surface area contributed by atoms with Crippen LogP contribution >= 0.6 is 15.9 Å². The maximum Gasteiger partial charge on any atom is 0.222 e. The molecule has 2 rings (SSSR count). The maximum absolute atomic E-state index is 11.6. The molecule has 1 fully saturated rings. The SMILES string of the molecule is CNC(=O)C1CCN(Cc2cccc(Br)c2O)CC1. The van der Waals surface area contributed by atoms with Crippen LogP contribution in [0, 0.1) is 5.92 Å². The molecule has 0 atom stereocenters. The number of piperidine rings is 1. The highest BCUT2D eigenvalue weighted by atomic mass is 79.9. The lowest BCUT2D eigenvalue weighted by Crippen LogP contribution is -2.39. The van der Waals surface area contributed by atoms with Crippen molar-refractivity contribution in [1.82, 2.24) is 10.2 Å². The zero-order valence-electron chi connectivity index (χ0n) is 11.0. The van der Waals surface area contributed by atoms with Crippen molar-refractivity contribution in [3.63, 3.8) is 0 Å². The van der Waals surface area contributed by atoms with Gasteiger partial charge < -0.3 is 10.4 Å². The Bertz CT molecular complexity index is 457. The molecule has 0 bridgehead atoms. The molecule has 0 aromatic heterocycles. The molecule has 0 unspecified atom stereocenters. The number of benzene rings is 1. The van der Waals surface area contributed by atoms with Gasteiger partial charge in [-0.1, -0.05) is 12.1 Å². The number of phenols is 1. The Kier molecular flexibility index (Phi) is 4.82. The molecule has 1 aromatic carbocycles. The summed E-state index contributed by atoms with van der Waals surface area (Å²) >= 11 is 3.33. The van der Waals surface area contributed by atoms with Crippen LogP contribution in [0.25, 0.3) is 0 Å². The molecule has 0 aliphatic carbocycles. The molecule has 1 amide bonds. The van der Waals surface area contributed by atoms with E-state index in [1.165, 1.54) is 0 Å². The minimum Gasteiger partial charge on any atom is -0.506 e. The van der Waals surface area contributed by atoms with Crippen molar-refractivity contribution in [2.75, 3.05) is 20.1 Å². The topological polar surface area (TPSA) is 52.6 Å². The van der Waals surface area contributed by atoms with Crippen LogP contribution in [0.3, 0.4) is 0 Å². The molecule has 0 saturated carbocycles. The summed E-state index contributed by atoms with van der Waals surface area (Å²) in [5.74, 6) is 0.596. The average molecular weight is 327 g/mol. The monoisotopic (exact) mass is 326 g/mol. The Morgan fingerprint density at radius 2 is 2.16 bits per heavy atom. The predicted octanol–water partition coefficient (Wildman–Crippen LogP) is 2.11. The second-order valence-electron chi connectivity index (χ2n) is 4.91. The summed E-state index contributed by atoms with van der Waals surface area (Å²) in [4.78, 5) is 13.8. The van der Waals surface area contributed by atoms with Gasteiger partial charge in [0.2, 0.25) is 5.91 Å². The van der Waals surface area contributed by atoms with E-state index >= 15 is 0 Å². The number of hydrogen-bond acceptors (Lipinski definition) is 3. The molecular formula is C14H19BrN2O2. The molecule has 1 aromatic rings. The molecule has 0 spiro atoms. The van der Waals surface area contributed by atoms with Gasteiger partial charge in [-0.15, -0.1) is 0 Å². The number of hydrogen-bond donors (Lipinski definition) is 2. The van der Waals surface area contributed by atoms with E-state index in [2.05, 4.69) is 26.1 Å². The first kappa shape index (κ1) is 14.3. The lowest BCUT2D eigenvalue weighted by molar-refractivity contribution is -0.125. The van der Waals surface area contributed by atoms with Gasteiger partial charge in [-0.3, -0.25) is 9.69 Å². The van der Waals surface area contributed by atoms with Crippen LogP contribution in [0.4, 0.5) is 0 Å². The number of nitrogens with zero attached hydrogens (tertiary/aromatic N) is 1. The smallest absolute Gasteiger partial charge is 0.222 e. The first-order valence-corrected chi connectivity index (χ1v) is 7.31. The fourth-order valence-electron chi connectivity index (χ4n) is 2.49. The number of amides is 1. The minimum atomic E-state index is 0.136. The van der Waals surface area contributed by atoms with E-state index in [0.29, 0.717) is 5.75 Å². The summed E-state index contributed by atoms with van der Waals surface area (Å²) in [7, 11) is 1.69. The highest BCUT2D eigenvalue weighted by molar-refractivity contribution is 9.10. The van der Waals surface area contributed by atoms with Crippen molar-refractivity contribution in [2.24, 2.45) is 5.92 Å². The molecule has 0 radical (unpaired) electrons. The largest absolute Gasteiger partial charge is 0.506 e. The van der Waals surface area contributed by atoms with E-state index in [1.807, 2.05) is 18.2 Å². The van der Waals surface area contributed by atoms with Crippen molar-refractivity contribution in [3.8, 4) is 5.75 Å². The van der Waals surface area contributed by atoms with Gasteiger partial charge in [0.25, 0.3) is 0 Å². The van der Waals surface area contributed by atoms with Gasteiger partial charge in [0, 0.05) is 25.1 Å². The zero-order valence-corrected chi connectivity index (χ0v) is 12.6. The molecule has 2 N–H and O–H groups in total. The molecule has 4 nitrogen and oxygen atoms in total. The molecule has 1 aliphatic rings.